The Morgan fingerprint density at radius 1 is 0.434 bits per heavy atom. The first-order valence-corrected chi connectivity index (χ1v) is 27.3. The van der Waals surface area contributed by atoms with Crippen molar-refractivity contribution in [2.75, 3.05) is 5.73 Å². The molecular weight excluding hydrogens is 2000 g/mol. The third-order valence-corrected chi connectivity index (χ3v) is 14.1. The maximum Gasteiger partial charge on any atom is 1.00 e. The molecule has 83 heavy (non-hydrogen) atoms. The number of pyridine rings is 5. The molecular formula is C68H52Au2Ir3N6PS3-3. The Balaban J connectivity index is 0.000000220. The van der Waals surface area contributed by atoms with Crippen molar-refractivity contribution in [3.63, 3.8) is 0 Å². The van der Waals surface area contributed by atoms with E-state index < -0.39 is 0 Å². The molecule has 0 saturated carbocycles. The van der Waals surface area contributed by atoms with Crippen LogP contribution in [0.1, 0.15) is 17.1 Å². The van der Waals surface area contributed by atoms with Crippen molar-refractivity contribution in [2.45, 2.75) is 30.6 Å². The van der Waals surface area contributed by atoms with Crippen LogP contribution in [0.3, 0.4) is 0 Å². The van der Waals surface area contributed by atoms with Crippen LogP contribution in [0, 0.1) is 39.0 Å². The number of thiophene rings is 1. The van der Waals surface area contributed by atoms with Crippen molar-refractivity contribution >= 4 is 88.7 Å². The topological polar surface area (TPSA) is 90.5 Å². The van der Waals surface area contributed by atoms with Gasteiger partial charge in [0.1, 0.15) is 5.82 Å². The molecule has 7 aromatic carbocycles. The standard InChI is InChI=1S/C16H12N.C15H11N2.C14H10NS.C12H11NS.C11H10NPS.2Au.3Ir/c1-12-11-14-9-5-6-10-15(14)16(17-12)13-7-3-2-4-8-13;16-14-10-12-8-4-5-9-13(12)15(17-14)11-6-2-1-3-7-11;1-10-5-4-7-12(15-10)14-9-11-6-2-3-8-13(11)16-14;1-9-5-4-7-11(13-9)10-6-2-3-8-12(10)14;13-11-7-3-5-9(12-11)8-4-1-2-6-10(8)14;;;;;/h2-7,9-11H,1H3;1-6,8-10H,(H2,16,17);2-8H,1H3;2-8,14H,1H3;1-7,14H,13H2;;;;;/q3*-1;;;2*+1;;;/p-2. The Hall–Kier alpha value is -5.13. The average Bonchev–Trinajstić information content (AvgIpc) is 3.92. The summed E-state index contributed by atoms with van der Waals surface area (Å²) in [7, 11) is 2.58. The second kappa shape index (κ2) is 35.4. The molecule has 2 N–H and O–H groups in total. The first kappa shape index (κ1) is 70.4. The molecule has 13 rings (SSSR count). The number of anilines is 1. The van der Waals surface area contributed by atoms with Crippen LogP contribution in [-0.4, -0.2) is 24.9 Å². The van der Waals surface area contributed by atoms with E-state index in [1.54, 1.807) is 11.3 Å². The summed E-state index contributed by atoms with van der Waals surface area (Å²) in [4.78, 5) is 25.2. The molecule has 0 aliphatic heterocycles. The molecule has 0 amide bonds. The molecule has 15 heteroatoms. The molecule has 3 radical (unpaired) electrons. The van der Waals surface area contributed by atoms with E-state index in [4.69, 9.17) is 31.0 Å². The summed E-state index contributed by atoms with van der Waals surface area (Å²) in [5, 5.41) is 5.79. The molecule has 6 heterocycles. The van der Waals surface area contributed by atoms with Crippen LogP contribution < -0.4 is 11.2 Å². The molecule has 429 valence electrons. The van der Waals surface area contributed by atoms with Gasteiger partial charge in [0.15, 0.2) is 0 Å². The van der Waals surface area contributed by atoms with E-state index in [0.717, 1.165) is 98.7 Å². The van der Waals surface area contributed by atoms with Crippen molar-refractivity contribution in [1.29, 1.82) is 0 Å². The number of aryl methyl sites for hydroxylation is 3. The summed E-state index contributed by atoms with van der Waals surface area (Å²) < 4.78 is 1.26. The Morgan fingerprint density at radius 3 is 1.42 bits per heavy atom. The predicted molar refractivity (Wildman–Crippen MR) is 334 cm³/mol. The second-order valence-electron chi connectivity index (χ2n) is 17.8. The normalized spacial score (nSPS) is 9.83. The van der Waals surface area contributed by atoms with Crippen molar-refractivity contribution in [3.05, 3.63) is 272 Å². The zero-order valence-electron chi connectivity index (χ0n) is 44.7. The minimum absolute atomic E-state index is 0. The number of nitrogens with zero attached hydrogens (tertiary/aromatic N) is 5. The maximum atomic E-state index is 5.84. The van der Waals surface area contributed by atoms with Crippen LogP contribution in [0.2, 0.25) is 0 Å². The average molecular weight is 2050 g/mol. The monoisotopic (exact) mass is 2050 g/mol. The van der Waals surface area contributed by atoms with E-state index in [9.17, 15) is 0 Å². The molecule has 0 bridgehead atoms. The van der Waals surface area contributed by atoms with Crippen LogP contribution in [0.4, 0.5) is 5.82 Å². The summed E-state index contributed by atoms with van der Waals surface area (Å²) in [6.07, 6.45) is 0. The van der Waals surface area contributed by atoms with Gasteiger partial charge >= 0.3 is 44.8 Å². The van der Waals surface area contributed by atoms with Gasteiger partial charge in [-0.15, -0.1) is 95.4 Å². The Labute approximate surface area is 576 Å². The predicted octanol–water partition coefficient (Wildman–Crippen LogP) is 16.5. The van der Waals surface area contributed by atoms with Crippen molar-refractivity contribution in [2.24, 2.45) is 0 Å². The van der Waals surface area contributed by atoms with Gasteiger partial charge < -0.3 is 41.0 Å². The molecule has 1 atom stereocenters. The van der Waals surface area contributed by atoms with E-state index in [1.165, 1.54) is 20.9 Å². The molecule has 0 spiro atoms. The molecule has 0 aliphatic carbocycles. The summed E-state index contributed by atoms with van der Waals surface area (Å²) >= 11 is 12.2. The van der Waals surface area contributed by atoms with Gasteiger partial charge in [-0.1, -0.05) is 143 Å². The number of fused-ring (bicyclic) bond motifs is 3. The van der Waals surface area contributed by atoms with E-state index in [1.807, 2.05) is 209 Å². The minimum atomic E-state index is 0. The van der Waals surface area contributed by atoms with Gasteiger partial charge in [0.25, 0.3) is 0 Å². The molecule has 0 fully saturated rings. The first-order chi connectivity index (χ1) is 38.1. The number of benzene rings is 7. The van der Waals surface area contributed by atoms with Crippen LogP contribution in [-0.2, 0) is 130 Å². The molecule has 6 nitrogen and oxygen atoms in total. The largest absolute Gasteiger partial charge is 1.00 e. The van der Waals surface area contributed by atoms with Gasteiger partial charge in [0, 0.05) is 83.1 Å². The number of hydrogen-bond donors (Lipinski definition) is 1. The van der Waals surface area contributed by atoms with E-state index >= 15 is 0 Å². The van der Waals surface area contributed by atoms with E-state index in [0.29, 0.717) is 5.82 Å². The van der Waals surface area contributed by atoms with Crippen LogP contribution >= 0.6 is 20.6 Å². The molecule has 1 unspecified atom stereocenters. The minimum Gasteiger partial charge on any atom is -0.779 e. The molecule has 6 aromatic heterocycles. The Kier molecular flexibility index (Phi) is 30.0. The van der Waals surface area contributed by atoms with E-state index in [2.05, 4.69) is 101 Å². The van der Waals surface area contributed by atoms with Crippen LogP contribution in [0.5, 0.6) is 0 Å². The number of nitrogen functional groups attached to an aromatic ring is 1. The number of nitrogens with two attached hydrogens (primary N) is 1. The third-order valence-electron chi connectivity index (χ3n) is 12.0. The second-order valence-corrected chi connectivity index (χ2v) is 20.3. The van der Waals surface area contributed by atoms with Gasteiger partial charge in [-0.25, -0.2) is 16.3 Å². The van der Waals surface area contributed by atoms with Crippen molar-refractivity contribution in [1.82, 2.24) is 24.9 Å². The van der Waals surface area contributed by atoms with Crippen molar-refractivity contribution < 1.29 is 105 Å². The fraction of sp³-hybridized carbons (Fsp3) is 0.0441. The SMILES string of the molecule is Cc1cc2ccccc2c(-c2[c-]cccc2)n1.Cc1cccc(-c2[c-]c3ccccc3s2)n1.Cc1cccc(-c2ccccc2[S-])n1.Nc1cc2ccccc2c(-c2[c-]cccc2)n1.Pc1cccc(-c2ccccc2[S-])n1.[Au+].[Au+].[Ir].[Ir].[Ir]. The summed E-state index contributed by atoms with van der Waals surface area (Å²) in [6, 6.07) is 88.0. The van der Waals surface area contributed by atoms with E-state index in [-0.39, 0.29) is 105 Å². The van der Waals surface area contributed by atoms with Crippen LogP contribution in [0.15, 0.2) is 246 Å². The fourth-order valence-electron chi connectivity index (χ4n) is 8.40. The van der Waals surface area contributed by atoms with Crippen molar-refractivity contribution in [3.8, 4) is 55.6 Å². The van der Waals surface area contributed by atoms with Gasteiger partial charge in [-0.3, -0.25) is 9.97 Å². The smallest absolute Gasteiger partial charge is 0.779 e. The Bertz CT molecular complexity index is 3890. The van der Waals surface area contributed by atoms with Crippen LogP contribution in [0.25, 0.3) is 87.2 Å². The quantitative estimate of drug-likeness (QED) is 0.0789. The molecule has 13 aromatic rings. The van der Waals surface area contributed by atoms with Gasteiger partial charge in [-0.05, 0) is 117 Å². The number of aromatic nitrogens is 5. The third kappa shape index (κ3) is 19.7. The zero-order valence-corrected chi connectivity index (χ0v) is 59.9. The number of hydrogen-bond acceptors (Lipinski definition) is 9. The molecule has 0 saturated heterocycles. The number of rotatable bonds is 5. The zero-order chi connectivity index (χ0) is 54.2. The molecule has 0 aliphatic rings. The first-order valence-electron chi connectivity index (χ1n) is 25.1. The van der Waals surface area contributed by atoms with Gasteiger partial charge in [0.05, 0.1) is 16.8 Å². The summed E-state index contributed by atoms with van der Waals surface area (Å²) in [6.45, 7) is 6.02. The summed E-state index contributed by atoms with van der Waals surface area (Å²) in [5.74, 6) is 0.538. The summed E-state index contributed by atoms with van der Waals surface area (Å²) in [5.41, 5.74) is 18.7. The van der Waals surface area contributed by atoms with Gasteiger partial charge in [-0.2, -0.15) is 9.79 Å². The fourth-order valence-corrected chi connectivity index (χ4v) is 10.1. The van der Waals surface area contributed by atoms with Gasteiger partial charge in [0.2, 0.25) is 0 Å². The maximum absolute atomic E-state index is 5.84. The Morgan fingerprint density at radius 2 is 0.892 bits per heavy atom.